The summed E-state index contributed by atoms with van der Waals surface area (Å²) in [4.78, 5) is 15.4. The Kier molecular flexibility index (Phi) is 5.37. The fraction of sp³-hybridized carbons (Fsp3) is 0.533. The van der Waals surface area contributed by atoms with E-state index in [-0.39, 0.29) is 12.0 Å². The number of morpholine rings is 1. The van der Waals surface area contributed by atoms with Crippen molar-refractivity contribution in [3.63, 3.8) is 0 Å². The van der Waals surface area contributed by atoms with E-state index in [1.165, 1.54) is 0 Å². The number of aryl methyl sites for hydroxylation is 1. The molecule has 0 saturated carbocycles. The van der Waals surface area contributed by atoms with E-state index in [9.17, 15) is 4.79 Å². The fourth-order valence-corrected chi connectivity index (χ4v) is 3.26. The molecule has 1 aliphatic heterocycles. The van der Waals surface area contributed by atoms with Crippen molar-refractivity contribution in [1.29, 1.82) is 0 Å². The van der Waals surface area contributed by atoms with Crippen molar-refractivity contribution < 1.29 is 9.53 Å². The summed E-state index contributed by atoms with van der Waals surface area (Å²) in [5.74, 6) is 0.868. The van der Waals surface area contributed by atoms with Crippen molar-refractivity contribution in [3.05, 3.63) is 34.5 Å². The summed E-state index contributed by atoms with van der Waals surface area (Å²) in [6, 6.07) is 4.01. The number of nitrogens with one attached hydrogen (secondary N) is 1. The predicted molar refractivity (Wildman–Crippen MR) is 87.0 cm³/mol. The average Bonchev–Trinajstić information content (AvgIpc) is 3.24. The summed E-state index contributed by atoms with van der Waals surface area (Å²) in [6.45, 7) is 5.84. The normalized spacial score (nSPS) is 18.9. The van der Waals surface area contributed by atoms with Crippen LogP contribution >= 0.6 is 11.3 Å². The van der Waals surface area contributed by atoms with Crippen LogP contribution in [0.4, 0.5) is 0 Å². The molecular formula is C15H21N5O2S. The van der Waals surface area contributed by atoms with Crippen LogP contribution in [0.15, 0.2) is 23.8 Å². The van der Waals surface area contributed by atoms with E-state index in [0.29, 0.717) is 26.2 Å². The lowest BCUT2D eigenvalue weighted by Crippen LogP contribution is -2.44. The molecule has 0 aliphatic carbocycles. The van der Waals surface area contributed by atoms with E-state index < -0.39 is 0 Å². The van der Waals surface area contributed by atoms with Gasteiger partial charge in [-0.05, 0) is 18.4 Å². The van der Waals surface area contributed by atoms with E-state index in [2.05, 4.69) is 20.4 Å². The Balaban J connectivity index is 1.51. The smallest absolute Gasteiger partial charge is 0.234 e. The summed E-state index contributed by atoms with van der Waals surface area (Å²) < 4.78 is 7.78. The third-order valence-corrected chi connectivity index (χ3v) is 4.71. The molecule has 124 valence electrons. The molecule has 0 radical (unpaired) electrons. The highest BCUT2D eigenvalue weighted by molar-refractivity contribution is 7.09. The molecule has 0 aromatic carbocycles. The summed E-state index contributed by atoms with van der Waals surface area (Å²) in [5, 5.41) is 13.1. The molecule has 1 aliphatic rings. The second kappa shape index (κ2) is 7.67. The minimum absolute atomic E-state index is 0.0380. The molecule has 1 amide bonds. The molecule has 2 aromatic rings. The first-order valence-corrected chi connectivity index (χ1v) is 8.65. The van der Waals surface area contributed by atoms with Crippen LogP contribution in [0.25, 0.3) is 0 Å². The zero-order valence-electron chi connectivity index (χ0n) is 13.1. The lowest BCUT2D eigenvalue weighted by molar-refractivity contribution is -0.124. The van der Waals surface area contributed by atoms with Gasteiger partial charge in [0.1, 0.15) is 12.4 Å². The number of carbonyl (C=O) groups is 1. The maximum atomic E-state index is 12.1. The van der Waals surface area contributed by atoms with Gasteiger partial charge in [-0.25, -0.2) is 0 Å². The standard InChI is InChI=1S/C15H21N5O2S/c1-2-20-11-17-18-15(20)13-9-19(5-6-22-13)10-14(21)16-8-12-4-3-7-23-12/h3-4,7,11,13H,2,5-6,8-10H2,1H3,(H,16,21). The second-order valence-corrected chi connectivity index (χ2v) is 6.46. The van der Waals surface area contributed by atoms with Crippen molar-refractivity contribution >= 4 is 17.2 Å². The highest BCUT2D eigenvalue weighted by Gasteiger charge is 2.26. The Morgan fingerprint density at radius 3 is 3.26 bits per heavy atom. The van der Waals surface area contributed by atoms with Crippen molar-refractivity contribution in [2.75, 3.05) is 26.2 Å². The molecule has 0 bridgehead atoms. The molecule has 7 nitrogen and oxygen atoms in total. The lowest BCUT2D eigenvalue weighted by atomic mass is 10.2. The van der Waals surface area contributed by atoms with Gasteiger partial charge >= 0.3 is 0 Å². The molecule has 3 heterocycles. The third-order valence-electron chi connectivity index (χ3n) is 3.83. The van der Waals surface area contributed by atoms with E-state index in [0.717, 1.165) is 23.8 Å². The molecule has 2 aromatic heterocycles. The number of hydrogen-bond donors (Lipinski definition) is 1. The second-order valence-electron chi connectivity index (χ2n) is 5.43. The van der Waals surface area contributed by atoms with Crippen LogP contribution in [0.1, 0.15) is 23.7 Å². The maximum absolute atomic E-state index is 12.1. The molecule has 8 heteroatoms. The summed E-state index contributed by atoms with van der Waals surface area (Å²) in [7, 11) is 0. The molecule has 3 rings (SSSR count). The molecular weight excluding hydrogens is 314 g/mol. The van der Waals surface area contributed by atoms with Crippen LogP contribution in [-0.2, 0) is 22.6 Å². The molecule has 0 spiro atoms. The quantitative estimate of drug-likeness (QED) is 0.854. The molecule has 23 heavy (non-hydrogen) atoms. The number of nitrogens with zero attached hydrogens (tertiary/aromatic N) is 4. The van der Waals surface area contributed by atoms with Gasteiger partial charge in [-0.15, -0.1) is 21.5 Å². The van der Waals surface area contributed by atoms with Crippen LogP contribution in [-0.4, -0.2) is 51.8 Å². The molecule has 1 atom stereocenters. The van der Waals surface area contributed by atoms with E-state index in [1.807, 2.05) is 29.0 Å². The maximum Gasteiger partial charge on any atom is 0.234 e. The number of aromatic nitrogens is 3. The zero-order chi connectivity index (χ0) is 16.1. The van der Waals surface area contributed by atoms with Crippen LogP contribution in [0, 0.1) is 0 Å². The third kappa shape index (κ3) is 4.15. The average molecular weight is 335 g/mol. The van der Waals surface area contributed by atoms with Crippen molar-refractivity contribution in [2.24, 2.45) is 0 Å². The minimum Gasteiger partial charge on any atom is -0.368 e. The van der Waals surface area contributed by atoms with Crippen LogP contribution in [0.2, 0.25) is 0 Å². The van der Waals surface area contributed by atoms with Crippen LogP contribution in [0.5, 0.6) is 0 Å². The van der Waals surface area contributed by atoms with Crippen LogP contribution < -0.4 is 5.32 Å². The fourth-order valence-electron chi connectivity index (χ4n) is 2.62. The molecule has 1 fully saturated rings. The first-order chi connectivity index (χ1) is 11.3. The van der Waals surface area contributed by atoms with Gasteiger partial charge in [-0.3, -0.25) is 9.69 Å². The Labute approximate surface area is 139 Å². The molecule has 1 N–H and O–H groups in total. The van der Waals surface area contributed by atoms with Gasteiger partial charge in [0.25, 0.3) is 0 Å². The molecule has 1 unspecified atom stereocenters. The highest BCUT2D eigenvalue weighted by Crippen LogP contribution is 2.20. The van der Waals surface area contributed by atoms with Gasteiger partial charge in [-0.2, -0.15) is 0 Å². The number of amides is 1. The predicted octanol–water partition coefficient (Wildman–Crippen LogP) is 1.05. The van der Waals surface area contributed by atoms with E-state index in [1.54, 1.807) is 17.7 Å². The number of carbonyl (C=O) groups excluding carboxylic acids is 1. The van der Waals surface area contributed by atoms with Gasteiger partial charge in [0, 0.05) is 24.5 Å². The topological polar surface area (TPSA) is 72.3 Å². The zero-order valence-corrected chi connectivity index (χ0v) is 14.0. The van der Waals surface area contributed by atoms with Gasteiger partial charge in [-0.1, -0.05) is 6.07 Å². The monoisotopic (exact) mass is 335 g/mol. The Morgan fingerprint density at radius 2 is 2.48 bits per heavy atom. The van der Waals surface area contributed by atoms with Crippen LogP contribution in [0.3, 0.4) is 0 Å². The van der Waals surface area contributed by atoms with Crippen molar-refractivity contribution in [2.45, 2.75) is 26.1 Å². The van der Waals surface area contributed by atoms with E-state index in [4.69, 9.17) is 4.74 Å². The summed E-state index contributed by atoms with van der Waals surface area (Å²) in [5.41, 5.74) is 0. The summed E-state index contributed by atoms with van der Waals surface area (Å²) in [6.07, 6.45) is 1.59. The van der Waals surface area contributed by atoms with Gasteiger partial charge in [0.2, 0.25) is 5.91 Å². The van der Waals surface area contributed by atoms with Crippen molar-refractivity contribution in [1.82, 2.24) is 25.0 Å². The minimum atomic E-state index is -0.128. The molecule has 1 saturated heterocycles. The Hall–Kier alpha value is -1.77. The summed E-state index contributed by atoms with van der Waals surface area (Å²) >= 11 is 1.65. The Bertz CT molecular complexity index is 628. The van der Waals surface area contributed by atoms with Gasteiger partial charge in [0.15, 0.2) is 5.82 Å². The highest BCUT2D eigenvalue weighted by atomic mass is 32.1. The lowest BCUT2D eigenvalue weighted by Gasteiger charge is -2.31. The number of rotatable bonds is 6. The van der Waals surface area contributed by atoms with Gasteiger partial charge < -0.3 is 14.6 Å². The SMILES string of the molecule is CCn1cnnc1C1CN(CC(=O)NCc2cccs2)CCO1. The largest absolute Gasteiger partial charge is 0.368 e. The van der Waals surface area contributed by atoms with E-state index >= 15 is 0 Å². The number of ether oxygens (including phenoxy) is 1. The Morgan fingerprint density at radius 1 is 1.57 bits per heavy atom. The first-order valence-electron chi connectivity index (χ1n) is 7.77. The first kappa shape index (κ1) is 16.1. The number of thiophene rings is 1. The van der Waals surface area contributed by atoms with Crippen molar-refractivity contribution in [3.8, 4) is 0 Å². The van der Waals surface area contributed by atoms with Gasteiger partial charge in [0.05, 0.1) is 19.7 Å². The number of hydrogen-bond acceptors (Lipinski definition) is 6.